The van der Waals surface area contributed by atoms with Gasteiger partial charge in [0.2, 0.25) is 10.0 Å². The molecule has 1 aliphatic carbocycles. The fourth-order valence-corrected chi connectivity index (χ4v) is 5.18. The van der Waals surface area contributed by atoms with Gasteiger partial charge < -0.3 is 9.64 Å². The molecular weight excluding hydrogens is 420 g/mol. The highest BCUT2D eigenvalue weighted by Crippen LogP contribution is 2.36. The van der Waals surface area contributed by atoms with E-state index in [1.165, 1.54) is 30.2 Å². The van der Waals surface area contributed by atoms with E-state index in [1.54, 1.807) is 0 Å². The summed E-state index contributed by atoms with van der Waals surface area (Å²) >= 11 is 0. The number of rotatable bonds is 8. The Morgan fingerprint density at radius 2 is 1.62 bits per heavy atom. The molecule has 1 saturated carbocycles. The zero-order valence-electron chi connectivity index (χ0n) is 18.6. The SMILES string of the molecule is CS(=O)(=O)NC1C=CN(Cc2ccccc2)C=C1OC[C@H]1CC[C@@H](c2ccccc2)CC1. The molecule has 1 aliphatic heterocycles. The zero-order valence-corrected chi connectivity index (χ0v) is 19.4. The molecule has 0 radical (unpaired) electrons. The van der Waals surface area contributed by atoms with Crippen LogP contribution in [0.1, 0.15) is 42.7 Å². The highest BCUT2D eigenvalue weighted by atomic mass is 32.2. The Morgan fingerprint density at radius 3 is 2.28 bits per heavy atom. The van der Waals surface area contributed by atoms with Gasteiger partial charge in [0, 0.05) is 18.9 Å². The molecular formula is C26H32N2O3S. The van der Waals surface area contributed by atoms with Crippen LogP contribution in [0.4, 0.5) is 0 Å². The first-order valence-corrected chi connectivity index (χ1v) is 13.2. The predicted molar refractivity (Wildman–Crippen MR) is 128 cm³/mol. The molecule has 1 atom stereocenters. The number of nitrogens with one attached hydrogen (secondary N) is 1. The van der Waals surface area contributed by atoms with Crippen LogP contribution in [0.5, 0.6) is 0 Å². The van der Waals surface area contributed by atoms with Crippen LogP contribution < -0.4 is 4.72 Å². The van der Waals surface area contributed by atoms with Crippen molar-refractivity contribution in [2.75, 3.05) is 12.9 Å². The lowest BCUT2D eigenvalue weighted by atomic mass is 9.79. The molecule has 0 bridgehead atoms. The van der Waals surface area contributed by atoms with Crippen molar-refractivity contribution in [3.63, 3.8) is 0 Å². The predicted octanol–water partition coefficient (Wildman–Crippen LogP) is 4.77. The van der Waals surface area contributed by atoms with Crippen molar-refractivity contribution in [2.45, 2.75) is 44.2 Å². The normalized spacial score (nSPS) is 23.6. The van der Waals surface area contributed by atoms with Gasteiger partial charge in [-0.3, -0.25) is 0 Å². The minimum atomic E-state index is -3.35. The minimum absolute atomic E-state index is 0.474. The molecule has 0 saturated heterocycles. The van der Waals surface area contributed by atoms with E-state index in [0.717, 1.165) is 12.8 Å². The molecule has 2 aromatic rings. The fraction of sp³-hybridized carbons (Fsp3) is 0.385. The lowest BCUT2D eigenvalue weighted by molar-refractivity contribution is 0.123. The first kappa shape index (κ1) is 22.6. The van der Waals surface area contributed by atoms with Crippen molar-refractivity contribution < 1.29 is 13.2 Å². The molecule has 6 heteroatoms. The summed E-state index contributed by atoms with van der Waals surface area (Å²) < 4.78 is 32.6. The Bertz CT molecular complexity index is 1030. The van der Waals surface area contributed by atoms with E-state index < -0.39 is 16.1 Å². The van der Waals surface area contributed by atoms with Gasteiger partial charge in [-0.15, -0.1) is 0 Å². The van der Waals surface area contributed by atoms with Gasteiger partial charge in [0.05, 0.1) is 12.9 Å². The summed E-state index contributed by atoms with van der Waals surface area (Å²) in [5, 5.41) is 0. The molecule has 1 N–H and O–H groups in total. The molecule has 0 spiro atoms. The lowest BCUT2D eigenvalue weighted by Gasteiger charge is -2.31. The van der Waals surface area contributed by atoms with Crippen molar-refractivity contribution >= 4 is 10.0 Å². The Hall–Kier alpha value is -2.57. The third-order valence-electron chi connectivity index (χ3n) is 6.22. The van der Waals surface area contributed by atoms with Crippen LogP contribution in [0.15, 0.2) is 84.9 Å². The number of sulfonamides is 1. The second kappa shape index (κ2) is 10.4. The topological polar surface area (TPSA) is 58.6 Å². The maximum absolute atomic E-state index is 11.9. The molecule has 4 rings (SSSR count). The van der Waals surface area contributed by atoms with Crippen molar-refractivity contribution in [3.8, 4) is 0 Å². The van der Waals surface area contributed by atoms with Crippen LogP contribution in [0.25, 0.3) is 0 Å². The van der Waals surface area contributed by atoms with E-state index in [4.69, 9.17) is 4.74 Å². The Labute approximate surface area is 191 Å². The smallest absolute Gasteiger partial charge is 0.209 e. The molecule has 170 valence electrons. The molecule has 5 nitrogen and oxygen atoms in total. The summed E-state index contributed by atoms with van der Waals surface area (Å²) in [5.41, 5.74) is 2.61. The molecule has 0 amide bonds. The summed E-state index contributed by atoms with van der Waals surface area (Å²) in [4.78, 5) is 2.04. The third kappa shape index (κ3) is 6.47. The number of hydrogen-bond acceptors (Lipinski definition) is 4. The number of nitrogens with zero attached hydrogens (tertiary/aromatic N) is 1. The van der Waals surface area contributed by atoms with Gasteiger partial charge in [-0.25, -0.2) is 13.1 Å². The van der Waals surface area contributed by atoms with Crippen molar-refractivity contribution in [1.29, 1.82) is 0 Å². The van der Waals surface area contributed by atoms with Crippen molar-refractivity contribution in [1.82, 2.24) is 9.62 Å². The minimum Gasteiger partial charge on any atom is -0.494 e. The Balaban J connectivity index is 1.37. The van der Waals surface area contributed by atoms with Gasteiger partial charge >= 0.3 is 0 Å². The second-order valence-corrected chi connectivity index (χ2v) is 10.6. The standard InChI is InChI=1S/C26H32N2O3S/c1-32(29,30)27-25-16-17-28(18-21-8-4-2-5-9-21)19-26(25)31-20-22-12-14-24(15-13-22)23-10-6-3-7-11-23/h2-11,16-17,19,22,24-25,27H,12-15,18,20H2,1H3/t22-,24+,25?. The Morgan fingerprint density at radius 1 is 0.969 bits per heavy atom. The van der Waals surface area contributed by atoms with Crippen LogP contribution >= 0.6 is 0 Å². The highest BCUT2D eigenvalue weighted by molar-refractivity contribution is 7.88. The Kier molecular flexibility index (Phi) is 7.33. The van der Waals surface area contributed by atoms with Crippen LogP contribution in [-0.2, 0) is 21.3 Å². The summed E-state index contributed by atoms with van der Waals surface area (Å²) in [6, 6.07) is 20.5. The van der Waals surface area contributed by atoms with Crippen LogP contribution in [0, 0.1) is 5.92 Å². The second-order valence-electron chi connectivity index (χ2n) is 8.84. The summed E-state index contributed by atoms with van der Waals surface area (Å²) in [6.45, 7) is 1.32. The van der Waals surface area contributed by atoms with E-state index in [0.29, 0.717) is 30.7 Å². The maximum Gasteiger partial charge on any atom is 0.209 e. The van der Waals surface area contributed by atoms with E-state index in [-0.39, 0.29) is 0 Å². The summed E-state index contributed by atoms with van der Waals surface area (Å²) in [6.07, 6.45) is 11.5. The zero-order chi connectivity index (χ0) is 22.4. The van der Waals surface area contributed by atoms with E-state index >= 15 is 0 Å². The first-order valence-electron chi connectivity index (χ1n) is 11.3. The van der Waals surface area contributed by atoms with Crippen LogP contribution in [-0.4, -0.2) is 32.2 Å². The van der Waals surface area contributed by atoms with E-state index in [2.05, 4.69) is 47.2 Å². The van der Waals surface area contributed by atoms with Gasteiger partial charge in [-0.05, 0) is 54.7 Å². The van der Waals surface area contributed by atoms with Gasteiger partial charge in [0.15, 0.2) is 0 Å². The molecule has 1 fully saturated rings. The monoisotopic (exact) mass is 452 g/mol. The van der Waals surface area contributed by atoms with E-state index in [1.807, 2.05) is 41.6 Å². The van der Waals surface area contributed by atoms with Crippen LogP contribution in [0.2, 0.25) is 0 Å². The van der Waals surface area contributed by atoms with Gasteiger partial charge in [0.1, 0.15) is 11.8 Å². The van der Waals surface area contributed by atoms with Crippen molar-refractivity contribution in [3.05, 3.63) is 96.0 Å². The van der Waals surface area contributed by atoms with Gasteiger partial charge in [0.25, 0.3) is 0 Å². The lowest BCUT2D eigenvalue weighted by Crippen LogP contribution is -2.38. The molecule has 1 heterocycles. The van der Waals surface area contributed by atoms with Crippen molar-refractivity contribution in [2.24, 2.45) is 5.92 Å². The molecule has 1 unspecified atom stereocenters. The maximum atomic E-state index is 11.9. The average Bonchev–Trinajstić information content (AvgIpc) is 2.80. The van der Waals surface area contributed by atoms with Crippen LogP contribution in [0.3, 0.4) is 0 Å². The fourth-order valence-electron chi connectivity index (χ4n) is 4.53. The third-order valence-corrected chi connectivity index (χ3v) is 6.90. The largest absolute Gasteiger partial charge is 0.494 e. The molecule has 2 aliphatic rings. The molecule has 0 aromatic heterocycles. The summed E-state index contributed by atoms with van der Waals surface area (Å²) in [5.74, 6) is 1.77. The average molecular weight is 453 g/mol. The number of ether oxygens (including phenoxy) is 1. The summed E-state index contributed by atoms with van der Waals surface area (Å²) in [7, 11) is -3.35. The number of hydrogen-bond donors (Lipinski definition) is 1. The first-order chi connectivity index (χ1) is 15.5. The quantitative estimate of drug-likeness (QED) is 0.627. The highest BCUT2D eigenvalue weighted by Gasteiger charge is 2.26. The number of benzene rings is 2. The van der Waals surface area contributed by atoms with E-state index in [9.17, 15) is 8.42 Å². The van der Waals surface area contributed by atoms with Gasteiger partial charge in [-0.1, -0.05) is 60.7 Å². The molecule has 32 heavy (non-hydrogen) atoms. The van der Waals surface area contributed by atoms with Gasteiger partial charge in [-0.2, -0.15) is 0 Å². The molecule has 2 aromatic carbocycles.